The number of carbonyl (C=O) groups is 1. The van der Waals surface area contributed by atoms with Crippen LogP contribution in [0.25, 0.3) is 0 Å². The molecule has 0 saturated carbocycles. The van der Waals surface area contributed by atoms with Crippen LogP contribution in [-0.2, 0) is 4.79 Å². The first-order valence-electron chi connectivity index (χ1n) is 6.52. The van der Waals surface area contributed by atoms with Crippen molar-refractivity contribution >= 4 is 17.8 Å². The zero-order valence-corrected chi connectivity index (χ0v) is 11.6. The second-order valence-electron chi connectivity index (χ2n) is 4.54. The average molecular weight is 285 g/mol. The van der Waals surface area contributed by atoms with Crippen LogP contribution < -0.4 is 10.7 Å². The number of aryl methyl sites for hydroxylation is 1. The zero-order chi connectivity index (χ0) is 15.1. The standard InChI is InChI=1S/C16H16FN3O/c1-12-5-4-7-14(9-12)18-11-16(21)20-19-10-13-6-2-3-8-15(13)17/h2-10,18H,11H2,1H3,(H,20,21). The minimum absolute atomic E-state index is 0.0953. The van der Waals surface area contributed by atoms with Gasteiger partial charge in [0.05, 0.1) is 12.8 Å². The molecule has 2 N–H and O–H groups in total. The van der Waals surface area contributed by atoms with Crippen molar-refractivity contribution in [3.63, 3.8) is 0 Å². The summed E-state index contributed by atoms with van der Waals surface area (Å²) in [5.74, 6) is -0.683. The van der Waals surface area contributed by atoms with Crippen molar-refractivity contribution in [2.45, 2.75) is 6.92 Å². The smallest absolute Gasteiger partial charge is 0.259 e. The summed E-state index contributed by atoms with van der Waals surface area (Å²) < 4.78 is 13.3. The largest absolute Gasteiger partial charge is 0.376 e. The van der Waals surface area contributed by atoms with E-state index in [1.54, 1.807) is 18.2 Å². The molecule has 2 aromatic carbocycles. The van der Waals surface area contributed by atoms with Gasteiger partial charge in [-0.15, -0.1) is 0 Å². The predicted molar refractivity (Wildman–Crippen MR) is 81.8 cm³/mol. The Morgan fingerprint density at radius 2 is 2.05 bits per heavy atom. The lowest BCUT2D eigenvalue weighted by Crippen LogP contribution is -2.25. The predicted octanol–water partition coefficient (Wildman–Crippen LogP) is 2.70. The van der Waals surface area contributed by atoms with Crippen LogP contribution in [0.5, 0.6) is 0 Å². The molecule has 0 fully saturated rings. The number of nitrogens with zero attached hydrogens (tertiary/aromatic N) is 1. The molecule has 0 aliphatic rings. The summed E-state index contributed by atoms with van der Waals surface area (Å²) in [6, 6.07) is 13.9. The Balaban J connectivity index is 1.81. The van der Waals surface area contributed by atoms with Crippen LogP contribution in [-0.4, -0.2) is 18.7 Å². The van der Waals surface area contributed by atoms with Crippen LogP contribution in [0.15, 0.2) is 53.6 Å². The van der Waals surface area contributed by atoms with Crippen LogP contribution in [0.1, 0.15) is 11.1 Å². The molecule has 0 aromatic heterocycles. The van der Waals surface area contributed by atoms with Gasteiger partial charge in [-0.2, -0.15) is 5.10 Å². The monoisotopic (exact) mass is 285 g/mol. The lowest BCUT2D eigenvalue weighted by molar-refractivity contribution is -0.119. The van der Waals surface area contributed by atoms with E-state index in [9.17, 15) is 9.18 Å². The Bertz CT molecular complexity index is 655. The molecule has 0 aliphatic heterocycles. The van der Waals surface area contributed by atoms with E-state index in [0.29, 0.717) is 5.56 Å². The van der Waals surface area contributed by atoms with Gasteiger partial charge in [0.15, 0.2) is 0 Å². The lowest BCUT2D eigenvalue weighted by Gasteiger charge is -2.05. The molecular formula is C16H16FN3O. The topological polar surface area (TPSA) is 53.5 Å². The van der Waals surface area contributed by atoms with Gasteiger partial charge in [0.1, 0.15) is 5.82 Å². The Hall–Kier alpha value is -2.69. The third-order valence-corrected chi connectivity index (χ3v) is 2.77. The zero-order valence-electron chi connectivity index (χ0n) is 11.6. The maximum atomic E-state index is 13.3. The molecule has 0 radical (unpaired) electrons. The first-order chi connectivity index (χ1) is 10.1. The van der Waals surface area contributed by atoms with Crippen molar-refractivity contribution in [1.29, 1.82) is 0 Å². The van der Waals surface area contributed by atoms with Crippen molar-refractivity contribution in [2.75, 3.05) is 11.9 Å². The molecule has 21 heavy (non-hydrogen) atoms. The molecule has 1 amide bonds. The van der Waals surface area contributed by atoms with E-state index >= 15 is 0 Å². The van der Waals surface area contributed by atoms with Gasteiger partial charge >= 0.3 is 0 Å². The number of hydrogen-bond acceptors (Lipinski definition) is 3. The van der Waals surface area contributed by atoms with Gasteiger partial charge in [0.2, 0.25) is 0 Å². The Morgan fingerprint density at radius 3 is 2.81 bits per heavy atom. The summed E-state index contributed by atoms with van der Waals surface area (Å²) in [4.78, 5) is 11.6. The van der Waals surface area contributed by atoms with Gasteiger partial charge in [-0.1, -0.05) is 30.3 Å². The lowest BCUT2D eigenvalue weighted by atomic mass is 10.2. The first-order valence-corrected chi connectivity index (χ1v) is 6.52. The fraction of sp³-hybridized carbons (Fsp3) is 0.125. The number of nitrogens with one attached hydrogen (secondary N) is 2. The van der Waals surface area contributed by atoms with Crippen molar-refractivity contribution in [3.05, 3.63) is 65.5 Å². The fourth-order valence-electron chi connectivity index (χ4n) is 1.73. The highest BCUT2D eigenvalue weighted by Gasteiger charge is 2.00. The van der Waals surface area contributed by atoms with Crippen molar-refractivity contribution in [3.8, 4) is 0 Å². The number of hydrogen-bond donors (Lipinski definition) is 2. The van der Waals surface area contributed by atoms with Gasteiger partial charge in [0, 0.05) is 11.3 Å². The normalized spacial score (nSPS) is 10.6. The molecule has 0 unspecified atom stereocenters. The maximum absolute atomic E-state index is 13.3. The SMILES string of the molecule is Cc1cccc(NCC(=O)NN=Cc2ccccc2F)c1. The van der Waals surface area contributed by atoms with Gasteiger partial charge < -0.3 is 5.32 Å². The summed E-state index contributed by atoms with van der Waals surface area (Å²) in [7, 11) is 0. The molecule has 2 aromatic rings. The van der Waals surface area contributed by atoms with E-state index in [1.165, 1.54) is 12.3 Å². The quantitative estimate of drug-likeness (QED) is 0.655. The van der Waals surface area contributed by atoms with Crippen molar-refractivity contribution < 1.29 is 9.18 Å². The van der Waals surface area contributed by atoms with Crippen LogP contribution >= 0.6 is 0 Å². The molecule has 4 nitrogen and oxygen atoms in total. The molecule has 0 atom stereocenters. The molecule has 0 spiro atoms. The molecule has 0 bridgehead atoms. The molecule has 2 rings (SSSR count). The number of rotatable bonds is 5. The van der Waals surface area contributed by atoms with E-state index in [4.69, 9.17) is 0 Å². The number of carbonyl (C=O) groups excluding carboxylic acids is 1. The molecule has 5 heteroatoms. The third-order valence-electron chi connectivity index (χ3n) is 2.77. The number of benzene rings is 2. The highest BCUT2D eigenvalue weighted by atomic mass is 19.1. The highest BCUT2D eigenvalue weighted by molar-refractivity contribution is 5.84. The molecule has 108 valence electrons. The summed E-state index contributed by atoms with van der Waals surface area (Å²) >= 11 is 0. The van der Waals surface area contributed by atoms with Gasteiger partial charge in [-0.05, 0) is 30.7 Å². The van der Waals surface area contributed by atoms with Crippen molar-refractivity contribution in [2.24, 2.45) is 5.10 Å². The number of halogens is 1. The number of amides is 1. The molecule has 0 heterocycles. The molecule has 0 saturated heterocycles. The summed E-state index contributed by atoms with van der Waals surface area (Å²) in [5, 5.41) is 6.71. The second-order valence-corrected chi connectivity index (χ2v) is 4.54. The summed E-state index contributed by atoms with van der Waals surface area (Å²) in [6.07, 6.45) is 1.28. The van der Waals surface area contributed by atoms with Crippen molar-refractivity contribution in [1.82, 2.24) is 5.43 Å². The second kappa shape index (κ2) is 7.19. The minimum Gasteiger partial charge on any atom is -0.376 e. The van der Waals surface area contributed by atoms with E-state index in [-0.39, 0.29) is 18.3 Å². The van der Waals surface area contributed by atoms with Gasteiger partial charge in [-0.25, -0.2) is 9.82 Å². The summed E-state index contributed by atoms with van der Waals surface area (Å²) in [5.41, 5.74) is 4.64. The Morgan fingerprint density at radius 1 is 1.24 bits per heavy atom. The van der Waals surface area contributed by atoms with Gasteiger partial charge in [0.25, 0.3) is 5.91 Å². The number of hydrazone groups is 1. The van der Waals surface area contributed by atoms with E-state index in [2.05, 4.69) is 15.8 Å². The minimum atomic E-state index is -0.381. The van der Waals surface area contributed by atoms with E-state index in [0.717, 1.165) is 11.3 Å². The first kappa shape index (κ1) is 14.7. The molecular weight excluding hydrogens is 269 g/mol. The van der Waals surface area contributed by atoms with Gasteiger partial charge in [-0.3, -0.25) is 4.79 Å². The van der Waals surface area contributed by atoms with Crippen LogP contribution in [0, 0.1) is 12.7 Å². The highest BCUT2D eigenvalue weighted by Crippen LogP contribution is 2.08. The van der Waals surface area contributed by atoms with E-state index in [1.807, 2.05) is 31.2 Å². The van der Waals surface area contributed by atoms with E-state index < -0.39 is 0 Å². The third kappa shape index (κ3) is 4.72. The maximum Gasteiger partial charge on any atom is 0.259 e. The van der Waals surface area contributed by atoms with Crippen LogP contribution in [0.4, 0.5) is 10.1 Å². The fourth-order valence-corrected chi connectivity index (χ4v) is 1.73. The van der Waals surface area contributed by atoms with Crippen LogP contribution in [0.2, 0.25) is 0 Å². The molecule has 0 aliphatic carbocycles. The Kier molecular flexibility index (Phi) is 5.04. The Labute approximate surface area is 122 Å². The summed E-state index contributed by atoms with van der Waals surface area (Å²) in [6.45, 7) is 2.07. The van der Waals surface area contributed by atoms with Crippen LogP contribution in [0.3, 0.4) is 0 Å². The average Bonchev–Trinajstić information content (AvgIpc) is 2.47. The number of anilines is 1.